The Morgan fingerprint density at radius 3 is 2.26 bits per heavy atom. The van der Waals surface area contributed by atoms with Crippen LogP contribution in [0.25, 0.3) is 0 Å². The van der Waals surface area contributed by atoms with E-state index in [1.165, 1.54) is 0 Å². The van der Waals surface area contributed by atoms with Crippen molar-refractivity contribution in [1.29, 1.82) is 0 Å². The van der Waals surface area contributed by atoms with E-state index in [4.69, 9.17) is 5.73 Å². The first-order valence-electron chi connectivity index (χ1n) is 6.18. The van der Waals surface area contributed by atoms with E-state index < -0.39 is 6.04 Å². The third-order valence-electron chi connectivity index (χ3n) is 2.76. The van der Waals surface area contributed by atoms with Gasteiger partial charge in [-0.3, -0.25) is 4.79 Å². The molecule has 3 nitrogen and oxygen atoms in total. The molecule has 0 aliphatic heterocycles. The van der Waals surface area contributed by atoms with Crippen LogP contribution >= 0.6 is 0 Å². The lowest BCUT2D eigenvalue weighted by atomic mass is 10.1. The Kier molecular flexibility index (Phi) is 4.59. The molecule has 1 amide bonds. The molecule has 2 aromatic rings. The SMILES string of the molecule is N[C@H](Cc1ccccc1)C(=O)N=Cc1ccccc1. The van der Waals surface area contributed by atoms with Crippen molar-refractivity contribution < 1.29 is 4.79 Å². The lowest BCUT2D eigenvalue weighted by Gasteiger charge is -2.06. The standard InChI is InChI=1S/C16H16N2O/c17-15(11-13-7-3-1-4-8-13)16(19)18-12-14-9-5-2-6-10-14/h1-10,12,15H,11,17H2/t15-/m1/s1. The van der Waals surface area contributed by atoms with Crippen molar-refractivity contribution in [3.8, 4) is 0 Å². The fourth-order valence-electron chi connectivity index (χ4n) is 1.73. The normalized spacial score (nSPS) is 12.5. The van der Waals surface area contributed by atoms with Gasteiger partial charge in [0.1, 0.15) is 0 Å². The molecule has 2 N–H and O–H groups in total. The summed E-state index contributed by atoms with van der Waals surface area (Å²) >= 11 is 0. The Hall–Kier alpha value is -2.26. The predicted octanol–water partition coefficient (Wildman–Crippen LogP) is 2.20. The molecule has 2 rings (SSSR count). The lowest BCUT2D eigenvalue weighted by molar-refractivity contribution is -0.118. The van der Waals surface area contributed by atoms with Crippen molar-refractivity contribution in [2.75, 3.05) is 0 Å². The van der Waals surface area contributed by atoms with E-state index >= 15 is 0 Å². The van der Waals surface area contributed by atoms with E-state index in [9.17, 15) is 4.79 Å². The van der Waals surface area contributed by atoms with E-state index in [-0.39, 0.29) is 5.91 Å². The van der Waals surface area contributed by atoms with Crippen molar-refractivity contribution in [1.82, 2.24) is 0 Å². The monoisotopic (exact) mass is 252 g/mol. The van der Waals surface area contributed by atoms with E-state index in [0.29, 0.717) is 6.42 Å². The highest BCUT2D eigenvalue weighted by Gasteiger charge is 2.12. The molecular weight excluding hydrogens is 236 g/mol. The highest BCUT2D eigenvalue weighted by molar-refractivity contribution is 5.94. The smallest absolute Gasteiger partial charge is 0.262 e. The number of carbonyl (C=O) groups is 1. The highest BCUT2D eigenvalue weighted by atomic mass is 16.1. The van der Waals surface area contributed by atoms with Gasteiger partial charge in [0.05, 0.1) is 6.04 Å². The molecule has 96 valence electrons. The molecule has 0 bridgehead atoms. The number of rotatable bonds is 4. The zero-order valence-corrected chi connectivity index (χ0v) is 10.6. The highest BCUT2D eigenvalue weighted by Crippen LogP contribution is 2.03. The summed E-state index contributed by atoms with van der Waals surface area (Å²) < 4.78 is 0. The van der Waals surface area contributed by atoms with E-state index in [2.05, 4.69) is 4.99 Å². The van der Waals surface area contributed by atoms with Gasteiger partial charge in [-0.25, -0.2) is 4.99 Å². The topological polar surface area (TPSA) is 55.5 Å². The van der Waals surface area contributed by atoms with Crippen LogP contribution in [0.15, 0.2) is 65.7 Å². The third-order valence-corrected chi connectivity index (χ3v) is 2.76. The molecule has 1 atom stereocenters. The van der Waals surface area contributed by atoms with Gasteiger partial charge in [0, 0.05) is 6.21 Å². The van der Waals surface area contributed by atoms with Gasteiger partial charge in [-0.1, -0.05) is 60.7 Å². The summed E-state index contributed by atoms with van der Waals surface area (Å²) in [6, 6.07) is 18.6. The number of hydrogen-bond acceptors (Lipinski definition) is 2. The number of nitrogens with two attached hydrogens (primary N) is 1. The molecule has 0 aliphatic rings. The molecule has 0 unspecified atom stereocenters. The Labute approximate surface area is 112 Å². The molecular formula is C16H16N2O. The summed E-state index contributed by atoms with van der Waals surface area (Å²) in [5, 5.41) is 0. The molecule has 3 heteroatoms. The molecule has 0 spiro atoms. The molecule has 19 heavy (non-hydrogen) atoms. The Morgan fingerprint density at radius 1 is 1.05 bits per heavy atom. The van der Waals surface area contributed by atoms with Crippen LogP contribution in [0, 0.1) is 0 Å². The zero-order chi connectivity index (χ0) is 13.5. The number of nitrogens with zero attached hydrogens (tertiary/aromatic N) is 1. The zero-order valence-electron chi connectivity index (χ0n) is 10.6. The van der Waals surface area contributed by atoms with E-state index in [1.807, 2.05) is 60.7 Å². The molecule has 0 aliphatic carbocycles. The minimum absolute atomic E-state index is 0.298. The van der Waals surface area contributed by atoms with Crippen LogP contribution in [0.1, 0.15) is 11.1 Å². The maximum absolute atomic E-state index is 11.8. The van der Waals surface area contributed by atoms with Gasteiger partial charge in [-0.2, -0.15) is 0 Å². The molecule has 2 aromatic carbocycles. The van der Waals surface area contributed by atoms with Gasteiger partial charge in [-0.15, -0.1) is 0 Å². The molecule has 0 fully saturated rings. The second kappa shape index (κ2) is 6.61. The number of amides is 1. The minimum Gasteiger partial charge on any atom is -0.320 e. The summed E-state index contributed by atoms with van der Waals surface area (Å²) in [5.41, 5.74) is 7.78. The lowest BCUT2D eigenvalue weighted by Crippen LogP contribution is -2.31. The maximum atomic E-state index is 11.8. The first kappa shape index (κ1) is 13.2. The maximum Gasteiger partial charge on any atom is 0.262 e. The van der Waals surface area contributed by atoms with Gasteiger partial charge in [0.25, 0.3) is 5.91 Å². The fourth-order valence-corrected chi connectivity index (χ4v) is 1.73. The second-order valence-electron chi connectivity index (χ2n) is 4.30. The third kappa shape index (κ3) is 4.16. The second-order valence-corrected chi connectivity index (χ2v) is 4.30. The van der Waals surface area contributed by atoms with Crippen molar-refractivity contribution >= 4 is 12.1 Å². The van der Waals surface area contributed by atoms with Gasteiger partial charge in [0.2, 0.25) is 0 Å². The number of carbonyl (C=O) groups excluding carboxylic acids is 1. The van der Waals surface area contributed by atoms with Gasteiger partial charge >= 0.3 is 0 Å². The average molecular weight is 252 g/mol. The van der Waals surface area contributed by atoms with Crippen LogP contribution in [0.2, 0.25) is 0 Å². The van der Waals surface area contributed by atoms with Gasteiger partial charge < -0.3 is 5.73 Å². The van der Waals surface area contributed by atoms with Crippen molar-refractivity contribution in [3.63, 3.8) is 0 Å². The first-order valence-corrected chi connectivity index (χ1v) is 6.18. The van der Waals surface area contributed by atoms with Crippen LogP contribution in [-0.4, -0.2) is 18.2 Å². The summed E-state index contributed by atoms with van der Waals surface area (Å²) in [4.78, 5) is 15.7. The van der Waals surface area contributed by atoms with Gasteiger partial charge in [-0.05, 0) is 17.5 Å². The molecule has 0 radical (unpaired) electrons. The van der Waals surface area contributed by atoms with Crippen LogP contribution in [-0.2, 0) is 11.2 Å². The number of aliphatic imine (C=N–C) groups is 1. The number of hydrogen-bond donors (Lipinski definition) is 1. The van der Waals surface area contributed by atoms with Crippen molar-refractivity contribution in [2.24, 2.45) is 10.7 Å². The summed E-state index contributed by atoms with van der Waals surface area (Å²) in [6.45, 7) is 0. The largest absolute Gasteiger partial charge is 0.320 e. The molecule has 0 saturated heterocycles. The Bertz CT molecular complexity index is 549. The van der Waals surface area contributed by atoms with Crippen molar-refractivity contribution in [2.45, 2.75) is 12.5 Å². The fraction of sp³-hybridized carbons (Fsp3) is 0.125. The summed E-state index contributed by atoms with van der Waals surface area (Å²) in [7, 11) is 0. The van der Waals surface area contributed by atoms with Gasteiger partial charge in [0.15, 0.2) is 0 Å². The molecule has 0 heterocycles. The molecule has 0 aromatic heterocycles. The Morgan fingerprint density at radius 2 is 1.63 bits per heavy atom. The predicted molar refractivity (Wildman–Crippen MR) is 77.2 cm³/mol. The number of benzene rings is 2. The van der Waals surface area contributed by atoms with Crippen molar-refractivity contribution in [3.05, 3.63) is 71.8 Å². The quantitative estimate of drug-likeness (QED) is 0.848. The minimum atomic E-state index is -0.595. The molecule has 0 saturated carbocycles. The van der Waals surface area contributed by atoms with E-state index in [1.54, 1.807) is 6.21 Å². The summed E-state index contributed by atoms with van der Waals surface area (Å²) in [5.74, 6) is -0.298. The van der Waals surface area contributed by atoms with Crippen LogP contribution in [0.4, 0.5) is 0 Å². The Balaban J connectivity index is 1.95. The van der Waals surface area contributed by atoms with Crippen LogP contribution in [0.3, 0.4) is 0 Å². The van der Waals surface area contributed by atoms with Crippen LogP contribution in [0.5, 0.6) is 0 Å². The summed E-state index contributed by atoms with van der Waals surface area (Å²) in [6.07, 6.45) is 2.05. The average Bonchev–Trinajstić information content (AvgIpc) is 2.47. The van der Waals surface area contributed by atoms with E-state index in [0.717, 1.165) is 11.1 Å². The van der Waals surface area contributed by atoms with Crippen LogP contribution < -0.4 is 5.73 Å². The first-order chi connectivity index (χ1) is 9.25.